The van der Waals surface area contributed by atoms with Gasteiger partial charge in [-0.2, -0.15) is 9.97 Å². The van der Waals surface area contributed by atoms with Crippen LogP contribution in [0.4, 0.5) is 5.82 Å². The lowest BCUT2D eigenvalue weighted by Gasteiger charge is -2.16. The van der Waals surface area contributed by atoms with Gasteiger partial charge in [0.25, 0.3) is 0 Å². The van der Waals surface area contributed by atoms with Crippen molar-refractivity contribution < 1.29 is 14.3 Å². The second kappa shape index (κ2) is 8.51. The van der Waals surface area contributed by atoms with E-state index < -0.39 is 5.97 Å². The number of nitrogens with zero attached hydrogens (tertiary/aromatic N) is 2. The van der Waals surface area contributed by atoms with E-state index >= 15 is 0 Å². The number of ether oxygens (including phenoxy) is 2. The zero-order valence-electron chi connectivity index (χ0n) is 14.8. The van der Waals surface area contributed by atoms with Gasteiger partial charge in [0.05, 0.1) is 7.11 Å². The molecule has 0 aliphatic heterocycles. The summed E-state index contributed by atoms with van der Waals surface area (Å²) in [5, 5.41) is 3.49. The van der Waals surface area contributed by atoms with E-state index in [1.54, 1.807) is 30.3 Å². The molecule has 0 saturated heterocycles. The van der Waals surface area contributed by atoms with Crippen molar-refractivity contribution in [3.05, 3.63) is 76.9 Å². The number of rotatable bonds is 6. The van der Waals surface area contributed by atoms with Crippen LogP contribution in [-0.4, -0.2) is 23.0 Å². The molecule has 1 N–H and O–H groups in total. The lowest BCUT2D eigenvalue weighted by atomic mass is 10.1. The summed E-state index contributed by atoms with van der Waals surface area (Å²) < 4.78 is 10.5. The van der Waals surface area contributed by atoms with Gasteiger partial charge in [-0.25, -0.2) is 4.79 Å². The smallest absolute Gasteiger partial charge is 0.341 e. The van der Waals surface area contributed by atoms with Gasteiger partial charge in [-0.3, -0.25) is 0 Å². The minimum absolute atomic E-state index is 0.00683. The summed E-state index contributed by atoms with van der Waals surface area (Å²) in [6.45, 7) is 2.01. The summed E-state index contributed by atoms with van der Waals surface area (Å²) in [6, 6.07) is 18.3. The van der Waals surface area contributed by atoms with Crippen molar-refractivity contribution in [2.24, 2.45) is 0 Å². The first kappa shape index (κ1) is 18.7. The number of halogens is 1. The number of benzene rings is 2. The molecule has 7 heteroatoms. The predicted molar refractivity (Wildman–Crippen MR) is 103 cm³/mol. The SMILES string of the molecule is COC(=O)c1ccccc1Oc1nc(Cl)cc(NC(C)c2ccccc2)n1. The van der Waals surface area contributed by atoms with E-state index in [1.165, 1.54) is 7.11 Å². The Balaban J connectivity index is 1.83. The Morgan fingerprint density at radius 3 is 2.52 bits per heavy atom. The summed E-state index contributed by atoms with van der Waals surface area (Å²) in [7, 11) is 1.31. The largest absolute Gasteiger partial charge is 0.465 e. The van der Waals surface area contributed by atoms with Gasteiger partial charge < -0.3 is 14.8 Å². The molecule has 0 aliphatic rings. The first-order valence-electron chi connectivity index (χ1n) is 8.28. The van der Waals surface area contributed by atoms with E-state index in [-0.39, 0.29) is 28.5 Å². The summed E-state index contributed by atoms with van der Waals surface area (Å²) >= 11 is 6.11. The standard InChI is InChI=1S/C20H18ClN3O3/c1-13(14-8-4-3-5-9-14)22-18-12-17(21)23-20(24-18)27-16-11-7-6-10-15(16)19(25)26-2/h3-13H,1-2H3,(H,22,23,24). The Kier molecular flexibility index (Phi) is 5.88. The zero-order chi connectivity index (χ0) is 19.2. The number of nitrogens with one attached hydrogen (secondary N) is 1. The molecule has 1 unspecified atom stereocenters. The van der Waals surface area contributed by atoms with Crippen LogP contribution < -0.4 is 10.1 Å². The van der Waals surface area contributed by atoms with Gasteiger partial charge in [0.2, 0.25) is 0 Å². The Hall–Kier alpha value is -3.12. The second-order valence-electron chi connectivity index (χ2n) is 5.72. The fourth-order valence-corrected chi connectivity index (χ4v) is 2.67. The van der Waals surface area contributed by atoms with Gasteiger partial charge in [-0.15, -0.1) is 0 Å². The maximum absolute atomic E-state index is 11.9. The van der Waals surface area contributed by atoms with E-state index in [0.717, 1.165) is 5.56 Å². The third-order valence-corrected chi connectivity index (χ3v) is 4.03. The van der Waals surface area contributed by atoms with E-state index in [9.17, 15) is 4.79 Å². The average Bonchev–Trinajstić information content (AvgIpc) is 2.68. The van der Waals surface area contributed by atoms with E-state index in [1.807, 2.05) is 37.3 Å². The van der Waals surface area contributed by atoms with Crippen LogP contribution in [0.3, 0.4) is 0 Å². The van der Waals surface area contributed by atoms with Crippen LogP contribution in [-0.2, 0) is 4.74 Å². The third-order valence-electron chi connectivity index (χ3n) is 3.83. The van der Waals surface area contributed by atoms with E-state index in [0.29, 0.717) is 5.82 Å². The average molecular weight is 384 g/mol. The lowest BCUT2D eigenvalue weighted by Crippen LogP contribution is -2.09. The van der Waals surface area contributed by atoms with Crippen LogP contribution in [0.15, 0.2) is 60.7 Å². The lowest BCUT2D eigenvalue weighted by molar-refractivity contribution is 0.0598. The first-order valence-corrected chi connectivity index (χ1v) is 8.66. The van der Waals surface area contributed by atoms with Gasteiger partial charge >= 0.3 is 12.0 Å². The number of carbonyl (C=O) groups excluding carboxylic acids is 1. The molecule has 27 heavy (non-hydrogen) atoms. The maximum Gasteiger partial charge on any atom is 0.341 e. The number of hydrogen-bond donors (Lipinski definition) is 1. The van der Waals surface area contributed by atoms with Gasteiger partial charge in [0.15, 0.2) is 0 Å². The van der Waals surface area contributed by atoms with E-state index in [4.69, 9.17) is 21.1 Å². The van der Waals surface area contributed by atoms with Crippen molar-refractivity contribution in [2.45, 2.75) is 13.0 Å². The second-order valence-corrected chi connectivity index (χ2v) is 6.11. The quantitative estimate of drug-likeness (QED) is 0.483. The molecule has 0 spiro atoms. The van der Waals surface area contributed by atoms with Gasteiger partial charge in [0, 0.05) is 12.1 Å². The molecule has 0 bridgehead atoms. The van der Waals surface area contributed by atoms with Crippen LogP contribution >= 0.6 is 11.6 Å². The molecule has 6 nitrogen and oxygen atoms in total. The Morgan fingerprint density at radius 2 is 1.78 bits per heavy atom. The molecule has 0 amide bonds. The Bertz CT molecular complexity index is 935. The highest BCUT2D eigenvalue weighted by Crippen LogP contribution is 2.27. The number of esters is 1. The highest BCUT2D eigenvalue weighted by Gasteiger charge is 2.15. The van der Waals surface area contributed by atoms with Crippen molar-refractivity contribution in [3.63, 3.8) is 0 Å². The van der Waals surface area contributed by atoms with Crippen molar-refractivity contribution in [1.82, 2.24) is 9.97 Å². The van der Waals surface area contributed by atoms with Crippen molar-refractivity contribution in [1.29, 1.82) is 0 Å². The summed E-state index contributed by atoms with van der Waals surface area (Å²) in [5.41, 5.74) is 1.38. The molecule has 1 aromatic heterocycles. The molecular weight excluding hydrogens is 366 g/mol. The van der Waals surface area contributed by atoms with Crippen LogP contribution in [0.1, 0.15) is 28.9 Å². The van der Waals surface area contributed by atoms with Crippen LogP contribution in [0.25, 0.3) is 0 Å². The number of aromatic nitrogens is 2. The number of hydrogen-bond acceptors (Lipinski definition) is 6. The molecule has 0 radical (unpaired) electrons. The normalized spacial score (nSPS) is 11.5. The fourth-order valence-electron chi connectivity index (χ4n) is 2.50. The minimum Gasteiger partial charge on any atom is -0.465 e. The Morgan fingerprint density at radius 1 is 1.07 bits per heavy atom. The molecule has 0 aliphatic carbocycles. The van der Waals surface area contributed by atoms with Crippen LogP contribution in [0, 0.1) is 0 Å². The van der Waals surface area contributed by atoms with Gasteiger partial charge in [-0.05, 0) is 24.6 Å². The highest BCUT2D eigenvalue weighted by atomic mass is 35.5. The molecule has 0 fully saturated rings. The molecule has 0 saturated carbocycles. The topological polar surface area (TPSA) is 73.3 Å². The van der Waals surface area contributed by atoms with Crippen LogP contribution in [0.5, 0.6) is 11.8 Å². The maximum atomic E-state index is 11.9. The van der Waals surface area contributed by atoms with Gasteiger partial charge in [-0.1, -0.05) is 54.1 Å². The molecule has 3 rings (SSSR count). The highest BCUT2D eigenvalue weighted by molar-refractivity contribution is 6.29. The molecular formula is C20H18ClN3O3. The van der Waals surface area contributed by atoms with Gasteiger partial charge in [0.1, 0.15) is 22.3 Å². The van der Waals surface area contributed by atoms with E-state index in [2.05, 4.69) is 15.3 Å². The first-order chi connectivity index (χ1) is 13.1. The summed E-state index contributed by atoms with van der Waals surface area (Å²) in [6.07, 6.45) is 0. The number of carbonyl (C=O) groups is 1. The fraction of sp³-hybridized carbons (Fsp3) is 0.150. The molecule has 138 valence electrons. The summed E-state index contributed by atoms with van der Waals surface area (Å²) in [4.78, 5) is 20.3. The van der Waals surface area contributed by atoms with Crippen molar-refractivity contribution in [3.8, 4) is 11.8 Å². The monoisotopic (exact) mass is 383 g/mol. The minimum atomic E-state index is -0.510. The zero-order valence-corrected chi connectivity index (χ0v) is 15.6. The summed E-state index contributed by atoms with van der Waals surface area (Å²) in [5.74, 6) is 0.286. The molecule has 1 atom stereocenters. The number of methoxy groups -OCH3 is 1. The predicted octanol–water partition coefficient (Wildman–Crippen LogP) is 4.88. The van der Waals surface area contributed by atoms with Crippen LogP contribution in [0.2, 0.25) is 5.15 Å². The van der Waals surface area contributed by atoms with Crippen molar-refractivity contribution in [2.75, 3.05) is 12.4 Å². The number of para-hydroxylation sites is 1. The number of anilines is 1. The molecule has 1 heterocycles. The molecule has 3 aromatic rings. The molecule has 2 aromatic carbocycles. The third kappa shape index (κ3) is 4.74. The Labute approximate surface area is 162 Å². The van der Waals surface area contributed by atoms with Crippen molar-refractivity contribution >= 4 is 23.4 Å².